The molecule has 0 aliphatic heterocycles. The highest BCUT2D eigenvalue weighted by Gasteiger charge is 2.07. The van der Waals surface area contributed by atoms with Gasteiger partial charge in [-0.05, 0) is 10.4 Å². The number of benzene rings is 1. The SMILES string of the molecule is CS(=O)(=O)NOC(=O)Cc1ccccc1. The van der Waals surface area contributed by atoms with E-state index in [1.54, 1.807) is 29.2 Å². The number of carbonyl (C=O) groups is 1. The molecule has 5 nitrogen and oxygen atoms in total. The standard InChI is InChI=1S/C9H11NO4S/c1-15(12,13)10-14-9(11)7-8-5-3-2-4-6-8/h2-6,10H,7H2,1H3. The molecule has 1 aromatic carbocycles. The highest BCUT2D eigenvalue weighted by molar-refractivity contribution is 7.88. The minimum Gasteiger partial charge on any atom is -0.356 e. The molecule has 1 rings (SSSR count). The van der Waals surface area contributed by atoms with Crippen molar-refractivity contribution in [2.24, 2.45) is 0 Å². The maximum Gasteiger partial charge on any atom is 0.330 e. The Kier molecular flexibility index (Phi) is 3.81. The molecule has 0 radical (unpaired) electrons. The third-order valence-corrected chi connectivity index (χ3v) is 1.88. The lowest BCUT2D eigenvalue weighted by molar-refractivity contribution is -0.146. The summed E-state index contributed by atoms with van der Waals surface area (Å²) in [5.74, 6) is -0.647. The van der Waals surface area contributed by atoms with E-state index in [-0.39, 0.29) is 6.42 Å². The van der Waals surface area contributed by atoms with Crippen molar-refractivity contribution in [1.82, 2.24) is 4.89 Å². The zero-order valence-corrected chi connectivity index (χ0v) is 8.95. The van der Waals surface area contributed by atoms with Gasteiger partial charge in [0.05, 0.1) is 12.7 Å². The van der Waals surface area contributed by atoms with E-state index in [1.165, 1.54) is 0 Å². The predicted molar refractivity (Wildman–Crippen MR) is 54.2 cm³/mol. The second kappa shape index (κ2) is 4.90. The minimum absolute atomic E-state index is 0.0311. The fourth-order valence-corrected chi connectivity index (χ4v) is 1.17. The predicted octanol–water partition coefficient (Wildman–Crippen LogP) is 0.236. The Morgan fingerprint density at radius 1 is 1.33 bits per heavy atom. The van der Waals surface area contributed by atoms with Gasteiger partial charge >= 0.3 is 5.97 Å². The maximum atomic E-state index is 11.1. The molecule has 1 N–H and O–H groups in total. The average Bonchev–Trinajstić information content (AvgIpc) is 2.15. The number of rotatable bonds is 4. The normalized spacial score (nSPS) is 11.0. The van der Waals surface area contributed by atoms with Crippen LogP contribution < -0.4 is 4.89 Å². The summed E-state index contributed by atoms with van der Waals surface area (Å²) in [7, 11) is -3.50. The van der Waals surface area contributed by atoms with Gasteiger partial charge in [-0.2, -0.15) is 0 Å². The lowest BCUT2D eigenvalue weighted by Crippen LogP contribution is -2.26. The van der Waals surface area contributed by atoms with Gasteiger partial charge in [0.15, 0.2) is 0 Å². The second-order valence-corrected chi connectivity index (χ2v) is 4.70. The Bertz CT molecular complexity index is 427. The Morgan fingerprint density at radius 2 is 1.93 bits per heavy atom. The van der Waals surface area contributed by atoms with E-state index in [0.29, 0.717) is 0 Å². The van der Waals surface area contributed by atoms with E-state index in [1.807, 2.05) is 6.07 Å². The molecule has 0 fully saturated rings. The van der Waals surface area contributed by atoms with Gasteiger partial charge in [0.25, 0.3) is 0 Å². The van der Waals surface area contributed by atoms with E-state index < -0.39 is 16.0 Å². The zero-order chi connectivity index (χ0) is 11.3. The first-order valence-corrected chi connectivity index (χ1v) is 6.07. The lowest BCUT2D eigenvalue weighted by Gasteiger charge is -2.03. The monoisotopic (exact) mass is 229 g/mol. The van der Waals surface area contributed by atoms with Crippen molar-refractivity contribution in [1.29, 1.82) is 0 Å². The Balaban J connectivity index is 2.44. The fraction of sp³-hybridized carbons (Fsp3) is 0.222. The molecule has 0 aliphatic rings. The molecule has 6 heteroatoms. The maximum absolute atomic E-state index is 11.1. The first-order valence-electron chi connectivity index (χ1n) is 4.18. The highest BCUT2D eigenvalue weighted by atomic mass is 32.2. The van der Waals surface area contributed by atoms with Crippen LogP contribution in [0.5, 0.6) is 0 Å². The number of sulfonamides is 1. The van der Waals surface area contributed by atoms with Gasteiger partial charge in [-0.1, -0.05) is 30.3 Å². The Morgan fingerprint density at radius 3 is 2.47 bits per heavy atom. The molecule has 1 aromatic rings. The largest absolute Gasteiger partial charge is 0.356 e. The number of nitrogens with one attached hydrogen (secondary N) is 1. The van der Waals surface area contributed by atoms with Crippen LogP contribution >= 0.6 is 0 Å². The molecule has 15 heavy (non-hydrogen) atoms. The number of hydrogen-bond acceptors (Lipinski definition) is 4. The number of carbonyl (C=O) groups excluding carboxylic acids is 1. The summed E-state index contributed by atoms with van der Waals surface area (Å²) in [5, 5.41) is 0. The van der Waals surface area contributed by atoms with Gasteiger partial charge in [-0.15, -0.1) is 0 Å². The van der Waals surface area contributed by atoms with Gasteiger partial charge in [0.1, 0.15) is 0 Å². The van der Waals surface area contributed by atoms with Crippen molar-refractivity contribution in [3.63, 3.8) is 0 Å². The van der Waals surface area contributed by atoms with Crippen molar-refractivity contribution in [3.05, 3.63) is 35.9 Å². The fourth-order valence-electron chi connectivity index (χ4n) is 0.921. The van der Waals surface area contributed by atoms with Crippen molar-refractivity contribution in [2.45, 2.75) is 6.42 Å². The van der Waals surface area contributed by atoms with Crippen molar-refractivity contribution >= 4 is 16.0 Å². The van der Waals surface area contributed by atoms with Crippen LogP contribution in [0.25, 0.3) is 0 Å². The average molecular weight is 229 g/mol. The minimum atomic E-state index is -3.50. The van der Waals surface area contributed by atoms with Crippen molar-refractivity contribution < 1.29 is 18.0 Å². The molecule has 0 aromatic heterocycles. The molecule has 82 valence electrons. The van der Waals surface area contributed by atoms with Gasteiger partial charge < -0.3 is 4.84 Å². The second-order valence-electron chi connectivity index (χ2n) is 2.99. The Labute approximate surface area is 88.1 Å². The van der Waals surface area contributed by atoms with Gasteiger partial charge in [-0.3, -0.25) is 0 Å². The first-order chi connectivity index (χ1) is 6.97. The quantitative estimate of drug-likeness (QED) is 0.750. The Hall–Kier alpha value is -1.40. The summed E-state index contributed by atoms with van der Waals surface area (Å²) >= 11 is 0. The molecule has 0 unspecified atom stereocenters. The number of hydrogen-bond donors (Lipinski definition) is 1. The summed E-state index contributed by atoms with van der Waals surface area (Å²) in [6, 6.07) is 8.90. The molecular weight excluding hydrogens is 218 g/mol. The van der Waals surface area contributed by atoms with Gasteiger partial charge in [0, 0.05) is 0 Å². The van der Waals surface area contributed by atoms with Crippen LogP contribution in [-0.2, 0) is 26.1 Å². The van der Waals surface area contributed by atoms with Crippen LogP contribution in [0.1, 0.15) is 5.56 Å². The van der Waals surface area contributed by atoms with E-state index in [2.05, 4.69) is 4.84 Å². The molecule has 0 amide bonds. The van der Waals surface area contributed by atoms with Crippen LogP contribution in [0, 0.1) is 0 Å². The third-order valence-electron chi connectivity index (χ3n) is 1.50. The topological polar surface area (TPSA) is 72.5 Å². The highest BCUT2D eigenvalue weighted by Crippen LogP contribution is 2.00. The zero-order valence-electron chi connectivity index (χ0n) is 8.14. The molecule has 0 saturated carbocycles. The molecule has 0 atom stereocenters. The lowest BCUT2D eigenvalue weighted by atomic mass is 10.2. The van der Waals surface area contributed by atoms with Crippen LogP contribution in [0.3, 0.4) is 0 Å². The van der Waals surface area contributed by atoms with Crippen LogP contribution in [0.4, 0.5) is 0 Å². The molecule has 0 bridgehead atoms. The summed E-state index contributed by atoms with van der Waals surface area (Å²) in [5.41, 5.74) is 0.762. The van der Waals surface area contributed by atoms with Crippen molar-refractivity contribution in [3.8, 4) is 0 Å². The van der Waals surface area contributed by atoms with Crippen LogP contribution in [0.2, 0.25) is 0 Å². The van der Waals surface area contributed by atoms with Gasteiger partial charge in [0.2, 0.25) is 10.0 Å². The van der Waals surface area contributed by atoms with E-state index in [0.717, 1.165) is 11.8 Å². The van der Waals surface area contributed by atoms with Crippen LogP contribution in [0.15, 0.2) is 30.3 Å². The van der Waals surface area contributed by atoms with E-state index in [4.69, 9.17) is 0 Å². The van der Waals surface area contributed by atoms with E-state index in [9.17, 15) is 13.2 Å². The molecule has 0 heterocycles. The summed E-state index contributed by atoms with van der Waals surface area (Å²) in [6.45, 7) is 0. The third kappa shape index (κ3) is 5.14. The van der Waals surface area contributed by atoms with Gasteiger partial charge in [-0.25, -0.2) is 13.2 Å². The molecule has 0 spiro atoms. The van der Waals surface area contributed by atoms with Crippen LogP contribution in [-0.4, -0.2) is 20.6 Å². The van der Waals surface area contributed by atoms with Crippen molar-refractivity contribution in [2.75, 3.05) is 6.26 Å². The summed E-state index contributed by atoms with van der Waals surface area (Å²) in [4.78, 5) is 17.1. The molecule has 0 saturated heterocycles. The molecule has 0 aliphatic carbocycles. The summed E-state index contributed by atoms with van der Waals surface area (Å²) in [6.07, 6.45) is 0.937. The first kappa shape index (κ1) is 11.7. The summed E-state index contributed by atoms with van der Waals surface area (Å²) < 4.78 is 21.2. The smallest absolute Gasteiger partial charge is 0.330 e. The van der Waals surface area contributed by atoms with E-state index >= 15 is 0 Å². The molecular formula is C9H11NO4S.